The molecule has 2 heterocycles. The van der Waals surface area contributed by atoms with Gasteiger partial charge in [0.25, 0.3) is 0 Å². The van der Waals surface area contributed by atoms with Crippen LogP contribution >= 0.6 is 23.8 Å². The second-order valence-corrected chi connectivity index (χ2v) is 7.53. The third kappa shape index (κ3) is 5.53. The van der Waals surface area contributed by atoms with Gasteiger partial charge in [-0.3, -0.25) is 14.7 Å². The molecule has 0 unspecified atom stereocenters. The van der Waals surface area contributed by atoms with Crippen molar-refractivity contribution in [3.05, 3.63) is 64.1 Å². The Morgan fingerprint density at radius 3 is 2.77 bits per heavy atom. The van der Waals surface area contributed by atoms with Gasteiger partial charge in [-0.05, 0) is 42.9 Å². The van der Waals surface area contributed by atoms with Crippen molar-refractivity contribution in [2.45, 2.75) is 26.6 Å². The van der Waals surface area contributed by atoms with Gasteiger partial charge in [0.1, 0.15) is 0 Å². The Labute approximate surface area is 185 Å². The first kappa shape index (κ1) is 22.1. The molecule has 7 nitrogen and oxygen atoms in total. The maximum Gasteiger partial charge on any atom is 0.307 e. The van der Waals surface area contributed by atoms with Crippen LogP contribution in [0.1, 0.15) is 18.9 Å². The fraction of sp³-hybridized carbons (Fsp3) is 0.333. The Bertz CT molecular complexity index is 1050. The molecular weight excluding hydrogens is 422 g/mol. The largest absolute Gasteiger partial charge is 0.466 e. The summed E-state index contributed by atoms with van der Waals surface area (Å²) in [5.41, 5.74) is 1.85. The Hall–Kier alpha value is -2.55. The number of esters is 1. The smallest absolute Gasteiger partial charge is 0.307 e. The lowest BCUT2D eigenvalue weighted by molar-refractivity contribution is -0.143. The van der Waals surface area contributed by atoms with E-state index in [4.69, 9.17) is 33.7 Å². The fourth-order valence-corrected chi connectivity index (χ4v) is 3.48. The van der Waals surface area contributed by atoms with Crippen LogP contribution in [0.15, 0.2) is 48.8 Å². The molecular formula is C21H24ClN5O2S. The SMILES string of the molecule is CCOC(=O)CCN(Cc1cccnc1)Cn1nc(-c2ccccc2Cl)n(C)c1=S. The molecule has 3 rings (SSSR count). The summed E-state index contributed by atoms with van der Waals surface area (Å²) >= 11 is 12.0. The molecule has 9 heteroatoms. The number of ether oxygens (including phenoxy) is 1. The molecule has 30 heavy (non-hydrogen) atoms. The van der Waals surface area contributed by atoms with E-state index in [9.17, 15) is 4.79 Å². The molecule has 0 N–H and O–H groups in total. The van der Waals surface area contributed by atoms with Gasteiger partial charge in [-0.25, -0.2) is 4.68 Å². The Morgan fingerprint density at radius 1 is 1.27 bits per heavy atom. The van der Waals surface area contributed by atoms with E-state index < -0.39 is 0 Å². The average molecular weight is 446 g/mol. The number of pyridine rings is 1. The Balaban J connectivity index is 1.84. The predicted molar refractivity (Wildman–Crippen MR) is 118 cm³/mol. The fourth-order valence-electron chi connectivity index (χ4n) is 3.08. The van der Waals surface area contributed by atoms with Crippen molar-refractivity contribution in [2.24, 2.45) is 7.05 Å². The van der Waals surface area contributed by atoms with E-state index in [0.29, 0.717) is 42.0 Å². The highest BCUT2D eigenvalue weighted by Gasteiger charge is 2.16. The number of benzene rings is 1. The number of carbonyl (C=O) groups excluding carboxylic acids is 1. The van der Waals surface area contributed by atoms with E-state index in [1.54, 1.807) is 17.8 Å². The van der Waals surface area contributed by atoms with Crippen molar-refractivity contribution < 1.29 is 9.53 Å². The molecule has 0 saturated carbocycles. The standard InChI is InChI=1S/C21H24ClN5O2S/c1-3-29-19(28)10-12-26(14-16-7-6-11-23-13-16)15-27-21(30)25(2)20(24-27)17-8-4-5-9-18(17)22/h4-9,11,13H,3,10,12,14-15H2,1-2H3. The maximum absolute atomic E-state index is 11.9. The summed E-state index contributed by atoms with van der Waals surface area (Å²) < 4.78 is 9.22. The van der Waals surface area contributed by atoms with E-state index in [-0.39, 0.29) is 12.4 Å². The second-order valence-electron chi connectivity index (χ2n) is 6.75. The van der Waals surface area contributed by atoms with E-state index in [2.05, 4.69) is 9.88 Å². The summed E-state index contributed by atoms with van der Waals surface area (Å²) in [5.74, 6) is 0.465. The minimum Gasteiger partial charge on any atom is -0.466 e. The normalized spacial score (nSPS) is 11.1. The van der Waals surface area contributed by atoms with Crippen LogP contribution in [0, 0.1) is 4.77 Å². The zero-order valence-corrected chi connectivity index (χ0v) is 18.6. The zero-order chi connectivity index (χ0) is 21.5. The first-order chi connectivity index (χ1) is 14.5. The highest BCUT2D eigenvalue weighted by Crippen LogP contribution is 2.26. The molecule has 0 aliphatic heterocycles. The predicted octanol–water partition coefficient (Wildman–Crippen LogP) is 4.08. The van der Waals surface area contributed by atoms with Crippen molar-refractivity contribution in [3.63, 3.8) is 0 Å². The van der Waals surface area contributed by atoms with Gasteiger partial charge in [-0.2, -0.15) is 5.10 Å². The first-order valence-electron chi connectivity index (χ1n) is 9.65. The molecule has 0 atom stereocenters. The summed E-state index contributed by atoms with van der Waals surface area (Å²) in [5, 5.41) is 5.32. The molecule has 158 valence electrons. The average Bonchev–Trinajstić information content (AvgIpc) is 3.02. The summed E-state index contributed by atoms with van der Waals surface area (Å²) in [4.78, 5) is 18.1. The summed E-state index contributed by atoms with van der Waals surface area (Å²) in [6.45, 7) is 3.70. The lowest BCUT2D eigenvalue weighted by atomic mass is 10.2. The number of rotatable bonds is 9. The van der Waals surface area contributed by atoms with Crippen molar-refractivity contribution >= 4 is 29.8 Å². The summed E-state index contributed by atoms with van der Waals surface area (Å²) in [6.07, 6.45) is 3.83. The minimum atomic E-state index is -0.227. The minimum absolute atomic E-state index is 0.227. The van der Waals surface area contributed by atoms with Gasteiger partial charge in [0, 0.05) is 38.1 Å². The quantitative estimate of drug-likeness (QED) is 0.365. The van der Waals surface area contributed by atoms with Gasteiger partial charge in [0.2, 0.25) is 0 Å². The van der Waals surface area contributed by atoms with Gasteiger partial charge in [0.05, 0.1) is 24.7 Å². The maximum atomic E-state index is 11.9. The molecule has 0 bridgehead atoms. The summed E-state index contributed by atoms with van der Waals surface area (Å²) in [7, 11) is 1.87. The Morgan fingerprint density at radius 2 is 2.07 bits per heavy atom. The van der Waals surface area contributed by atoms with Gasteiger partial charge in [-0.1, -0.05) is 29.8 Å². The molecule has 0 aliphatic rings. The van der Waals surface area contributed by atoms with Crippen LogP contribution in [0.2, 0.25) is 5.02 Å². The topological polar surface area (TPSA) is 65.2 Å². The number of aromatic nitrogens is 4. The van der Waals surface area contributed by atoms with E-state index in [0.717, 1.165) is 11.1 Å². The molecule has 2 aromatic heterocycles. The zero-order valence-electron chi connectivity index (χ0n) is 17.0. The van der Waals surface area contributed by atoms with Gasteiger partial charge < -0.3 is 9.30 Å². The highest BCUT2D eigenvalue weighted by atomic mass is 35.5. The third-order valence-electron chi connectivity index (χ3n) is 4.56. The van der Waals surface area contributed by atoms with Gasteiger partial charge in [-0.15, -0.1) is 0 Å². The van der Waals surface area contributed by atoms with Gasteiger partial charge in [0.15, 0.2) is 10.6 Å². The van der Waals surface area contributed by atoms with E-state index in [1.165, 1.54) is 0 Å². The van der Waals surface area contributed by atoms with Crippen LogP contribution in [0.4, 0.5) is 0 Å². The van der Waals surface area contributed by atoms with E-state index >= 15 is 0 Å². The molecule has 0 aliphatic carbocycles. The van der Waals surface area contributed by atoms with Gasteiger partial charge >= 0.3 is 5.97 Å². The number of hydrogen-bond donors (Lipinski definition) is 0. The van der Waals surface area contributed by atoms with Crippen LogP contribution in [-0.4, -0.2) is 43.4 Å². The second kappa shape index (κ2) is 10.5. The molecule has 0 fully saturated rings. The monoisotopic (exact) mass is 445 g/mol. The van der Waals surface area contributed by atoms with E-state index in [1.807, 2.05) is 54.2 Å². The molecule has 1 aromatic carbocycles. The third-order valence-corrected chi connectivity index (χ3v) is 5.37. The summed E-state index contributed by atoms with van der Waals surface area (Å²) in [6, 6.07) is 11.4. The number of hydrogen-bond acceptors (Lipinski definition) is 6. The number of nitrogens with zero attached hydrogens (tertiary/aromatic N) is 5. The lowest BCUT2D eigenvalue weighted by Crippen LogP contribution is -2.29. The molecule has 3 aromatic rings. The first-order valence-corrected chi connectivity index (χ1v) is 10.4. The van der Waals surface area contributed by atoms with Crippen LogP contribution < -0.4 is 0 Å². The lowest BCUT2D eigenvalue weighted by Gasteiger charge is -2.21. The van der Waals surface area contributed by atoms with Crippen LogP contribution in [0.5, 0.6) is 0 Å². The van der Waals surface area contributed by atoms with Crippen LogP contribution in [0.25, 0.3) is 11.4 Å². The molecule has 0 amide bonds. The van der Waals surface area contributed by atoms with Crippen molar-refractivity contribution in [2.75, 3.05) is 13.2 Å². The molecule has 0 radical (unpaired) electrons. The molecule has 0 saturated heterocycles. The highest BCUT2D eigenvalue weighted by molar-refractivity contribution is 7.71. The van der Waals surface area contributed by atoms with Crippen LogP contribution in [-0.2, 0) is 29.8 Å². The van der Waals surface area contributed by atoms with Crippen molar-refractivity contribution in [1.82, 2.24) is 24.2 Å². The number of halogens is 1. The Kier molecular flexibility index (Phi) is 7.73. The number of carbonyl (C=O) groups is 1. The van der Waals surface area contributed by atoms with Crippen LogP contribution in [0.3, 0.4) is 0 Å². The van der Waals surface area contributed by atoms with Crippen molar-refractivity contribution in [3.8, 4) is 11.4 Å². The molecule has 0 spiro atoms. The van der Waals surface area contributed by atoms with Crippen molar-refractivity contribution in [1.29, 1.82) is 0 Å².